The molecule has 1 amide bonds. The van der Waals surface area contributed by atoms with E-state index < -0.39 is 11.7 Å². The van der Waals surface area contributed by atoms with E-state index in [1.807, 2.05) is 0 Å². The summed E-state index contributed by atoms with van der Waals surface area (Å²) in [5, 5.41) is 4.97. The van der Waals surface area contributed by atoms with Gasteiger partial charge in [0.05, 0.1) is 10.7 Å². The van der Waals surface area contributed by atoms with Crippen molar-refractivity contribution in [2.75, 3.05) is 5.32 Å². The van der Waals surface area contributed by atoms with E-state index in [1.165, 1.54) is 23.5 Å². The predicted octanol–water partition coefficient (Wildman–Crippen LogP) is 2.65. The fourth-order valence-corrected chi connectivity index (χ4v) is 2.16. The van der Waals surface area contributed by atoms with Gasteiger partial charge in [-0.1, -0.05) is 11.6 Å². The molecular weight excluding hydrogens is 277 g/mol. The van der Waals surface area contributed by atoms with Crippen LogP contribution in [0.25, 0.3) is 0 Å². The Morgan fingerprint density at radius 3 is 2.94 bits per heavy atom. The van der Waals surface area contributed by atoms with Gasteiger partial charge in [-0.25, -0.2) is 9.37 Å². The second kappa shape index (κ2) is 5.43. The number of nitrogens with zero attached hydrogens (tertiary/aromatic N) is 1. The van der Waals surface area contributed by atoms with E-state index in [1.54, 1.807) is 5.38 Å². The number of amides is 1. The summed E-state index contributed by atoms with van der Waals surface area (Å²) in [5.74, 6) is -0.864. The third-order valence-corrected chi connectivity index (χ3v) is 3.32. The number of nitrogens with two attached hydrogens (primary N) is 1. The first-order valence-corrected chi connectivity index (χ1v) is 6.27. The van der Waals surface area contributed by atoms with E-state index in [9.17, 15) is 9.18 Å². The van der Waals surface area contributed by atoms with Crippen LogP contribution in [0.15, 0.2) is 23.6 Å². The summed E-state index contributed by atoms with van der Waals surface area (Å²) >= 11 is 7.11. The Labute approximate surface area is 112 Å². The number of rotatable bonds is 3. The fraction of sp³-hybridized carbons (Fsp3) is 0.0909. The molecule has 0 radical (unpaired) electrons. The lowest BCUT2D eigenvalue weighted by Crippen LogP contribution is -2.13. The lowest BCUT2D eigenvalue weighted by molar-refractivity contribution is 0.102. The minimum atomic E-state index is -0.461. The lowest BCUT2D eigenvalue weighted by atomic mass is 10.3. The van der Waals surface area contributed by atoms with Crippen molar-refractivity contribution in [1.82, 2.24) is 4.98 Å². The molecule has 0 bridgehead atoms. The van der Waals surface area contributed by atoms with Gasteiger partial charge in [-0.05, 0) is 18.2 Å². The summed E-state index contributed by atoms with van der Waals surface area (Å²) in [6.07, 6.45) is 0. The Kier molecular flexibility index (Phi) is 3.90. The van der Waals surface area contributed by atoms with E-state index in [0.717, 1.165) is 6.07 Å². The molecule has 0 saturated heterocycles. The Morgan fingerprint density at radius 2 is 2.33 bits per heavy atom. The van der Waals surface area contributed by atoms with Crippen molar-refractivity contribution in [3.63, 3.8) is 0 Å². The van der Waals surface area contributed by atoms with Crippen molar-refractivity contribution < 1.29 is 9.18 Å². The van der Waals surface area contributed by atoms with Crippen molar-refractivity contribution in [3.8, 4) is 0 Å². The van der Waals surface area contributed by atoms with Crippen LogP contribution in [0.1, 0.15) is 15.5 Å². The van der Waals surface area contributed by atoms with Crippen molar-refractivity contribution in [2.45, 2.75) is 6.54 Å². The molecule has 18 heavy (non-hydrogen) atoms. The largest absolute Gasteiger partial charge is 0.325 e. The summed E-state index contributed by atoms with van der Waals surface area (Å²) in [4.78, 5) is 15.9. The smallest absolute Gasteiger partial charge is 0.275 e. The van der Waals surface area contributed by atoms with Crippen LogP contribution in [-0.4, -0.2) is 10.9 Å². The second-order valence-corrected chi connectivity index (χ2v) is 4.76. The van der Waals surface area contributed by atoms with Gasteiger partial charge in [0, 0.05) is 11.9 Å². The predicted molar refractivity (Wildman–Crippen MR) is 69.4 cm³/mol. The van der Waals surface area contributed by atoms with E-state index in [-0.39, 0.29) is 17.3 Å². The quantitative estimate of drug-likeness (QED) is 0.911. The van der Waals surface area contributed by atoms with Crippen molar-refractivity contribution in [2.24, 2.45) is 5.73 Å². The maximum absolute atomic E-state index is 12.8. The van der Waals surface area contributed by atoms with Crippen molar-refractivity contribution >= 4 is 34.5 Å². The molecule has 1 aromatic heterocycles. The van der Waals surface area contributed by atoms with Crippen LogP contribution in [0.2, 0.25) is 5.02 Å². The fourth-order valence-electron chi connectivity index (χ4n) is 1.29. The Balaban J connectivity index is 2.16. The Hall–Kier alpha value is -1.50. The van der Waals surface area contributed by atoms with Crippen LogP contribution in [-0.2, 0) is 6.54 Å². The Bertz CT molecular complexity index is 587. The lowest BCUT2D eigenvalue weighted by Gasteiger charge is -2.05. The van der Waals surface area contributed by atoms with Crippen LogP contribution in [0.3, 0.4) is 0 Å². The van der Waals surface area contributed by atoms with Gasteiger partial charge in [0.1, 0.15) is 16.5 Å². The van der Waals surface area contributed by atoms with Gasteiger partial charge in [0.15, 0.2) is 0 Å². The summed E-state index contributed by atoms with van der Waals surface area (Å²) in [6.45, 7) is 0.287. The molecule has 0 unspecified atom stereocenters. The minimum Gasteiger partial charge on any atom is -0.325 e. The van der Waals surface area contributed by atoms with Gasteiger partial charge in [0.25, 0.3) is 5.91 Å². The topological polar surface area (TPSA) is 68.0 Å². The number of anilines is 1. The molecule has 0 aliphatic heterocycles. The minimum absolute atomic E-state index is 0.137. The number of carbonyl (C=O) groups excluding carboxylic acids is 1. The highest BCUT2D eigenvalue weighted by atomic mass is 35.5. The first-order valence-electron chi connectivity index (χ1n) is 5.01. The zero-order valence-electron chi connectivity index (χ0n) is 9.11. The van der Waals surface area contributed by atoms with Gasteiger partial charge in [0.2, 0.25) is 0 Å². The normalized spacial score (nSPS) is 10.4. The maximum Gasteiger partial charge on any atom is 0.275 e. The number of hydrogen-bond donors (Lipinski definition) is 2. The van der Waals surface area contributed by atoms with E-state index in [2.05, 4.69) is 10.3 Å². The van der Waals surface area contributed by atoms with Crippen LogP contribution < -0.4 is 11.1 Å². The van der Waals surface area contributed by atoms with Gasteiger partial charge >= 0.3 is 0 Å². The summed E-state index contributed by atoms with van der Waals surface area (Å²) in [5.41, 5.74) is 6.01. The average molecular weight is 286 g/mol. The van der Waals surface area contributed by atoms with Gasteiger partial charge in [-0.15, -0.1) is 11.3 Å². The number of carbonyl (C=O) groups is 1. The highest BCUT2D eigenvalue weighted by Crippen LogP contribution is 2.23. The van der Waals surface area contributed by atoms with Crippen LogP contribution >= 0.6 is 22.9 Å². The number of thiazole rings is 1. The summed E-state index contributed by atoms with van der Waals surface area (Å²) < 4.78 is 12.8. The molecule has 7 heteroatoms. The second-order valence-electron chi connectivity index (χ2n) is 3.41. The molecule has 2 rings (SSSR count). The molecule has 1 heterocycles. The van der Waals surface area contributed by atoms with Crippen molar-refractivity contribution in [1.29, 1.82) is 0 Å². The molecule has 0 saturated carbocycles. The molecule has 0 aliphatic carbocycles. The molecular formula is C11H9ClFN3OS. The molecule has 4 nitrogen and oxygen atoms in total. The standard InChI is InChI=1S/C11H9ClFN3OS/c12-7-3-6(13)1-2-8(7)16-11(17)9-5-18-10(4-14)15-9/h1-3,5H,4,14H2,(H,16,17). The molecule has 0 atom stereocenters. The SMILES string of the molecule is NCc1nc(C(=O)Nc2ccc(F)cc2Cl)cs1. The van der Waals surface area contributed by atoms with E-state index in [4.69, 9.17) is 17.3 Å². The third-order valence-electron chi connectivity index (χ3n) is 2.14. The average Bonchev–Trinajstić information content (AvgIpc) is 2.81. The number of halogens is 2. The maximum atomic E-state index is 12.8. The molecule has 0 aliphatic rings. The molecule has 2 aromatic rings. The Morgan fingerprint density at radius 1 is 1.56 bits per heavy atom. The van der Waals surface area contributed by atoms with Crippen LogP contribution in [0.4, 0.5) is 10.1 Å². The molecule has 1 aromatic carbocycles. The molecule has 0 fully saturated rings. The number of aromatic nitrogens is 1. The monoisotopic (exact) mass is 285 g/mol. The zero-order valence-corrected chi connectivity index (χ0v) is 10.7. The highest BCUT2D eigenvalue weighted by molar-refractivity contribution is 7.09. The summed E-state index contributed by atoms with van der Waals surface area (Å²) in [7, 11) is 0. The number of hydrogen-bond acceptors (Lipinski definition) is 4. The molecule has 3 N–H and O–H groups in total. The number of benzene rings is 1. The van der Waals surface area contributed by atoms with Crippen LogP contribution in [0.5, 0.6) is 0 Å². The van der Waals surface area contributed by atoms with Crippen LogP contribution in [0, 0.1) is 5.82 Å². The molecule has 0 spiro atoms. The van der Waals surface area contributed by atoms with Crippen molar-refractivity contribution in [3.05, 3.63) is 45.1 Å². The van der Waals surface area contributed by atoms with Gasteiger partial charge in [-0.2, -0.15) is 0 Å². The van der Waals surface area contributed by atoms with Gasteiger partial charge in [-0.3, -0.25) is 4.79 Å². The first kappa shape index (κ1) is 12.9. The van der Waals surface area contributed by atoms with E-state index in [0.29, 0.717) is 10.7 Å². The van der Waals surface area contributed by atoms with E-state index >= 15 is 0 Å². The summed E-state index contributed by atoms with van der Waals surface area (Å²) in [6, 6.07) is 3.74. The van der Waals surface area contributed by atoms with Gasteiger partial charge < -0.3 is 11.1 Å². The zero-order chi connectivity index (χ0) is 13.1. The highest BCUT2D eigenvalue weighted by Gasteiger charge is 2.12. The third kappa shape index (κ3) is 2.84. The number of nitrogens with one attached hydrogen (secondary N) is 1. The molecule has 94 valence electrons. The first-order chi connectivity index (χ1) is 8.60.